The van der Waals surface area contributed by atoms with Gasteiger partial charge in [-0.05, 0) is 50.1 Å². The lowest BCUT2D eigenvalue weighted by Crippen LogP contribution is -2.38. The van der Waals surface area contributed by atoms with Crippen molar-refractivity contribution in [2.75, 3.05) is 35.2 Å². The minimum Gasteiger partial charge on any atom is -0.465 e. The monoisotopic (exact) mass is 518 g/mol. The van der Waals surface area contributed by atoms with Gasteiger partial charge in [-0.2, -0.15) is 13.2 Å². The van der Waals surface area contributed by atoms with Crippen LogP contribution in [0.3, 0.4) is 0 Å². The number of benzene rings is 1. The second-order valence-corrected chi connectivity index (χ2v) is 8.31. The zero-order valence-electron chi connectivity index (χ0n) is 19.8. The van der Waals surface area contributed by atoms with Gasteiger partial charge in [0, 0.05) is 36.2 Å². The number of carbonyl (C=O) groups excluding carboxylic acids is 1. The number of pyridine rings is 1. The van der Waals surface area contributed by atoms with Gasteiger partial charge in [-0.1, -0.05) is 0 Å². The molecule has 3 heterocycles. The highest BCUT2D eigenvalue weighted by Gasteiger charge is 2.33. The standard InChI is InChI=1S/C24H25F3N6O4/c1-2-36-22(28)32-23-30-12-20(37-23)19-11-16(5-6-29-19)31-21(35)14-8-15(24(25,26)27)10-17(9-14)33-7-3-4-18(34)13-33/h5-6,8-12,18,34H,2-4,7,13H2,1H3,(H2,28,30,32)(H,29,31,35)/t18-/m0/s1. The number of amides is 1. The predicted octanol–water partition coefficient (Wildman–Crippen LogP) is 4.35. The highest BCUT2D eigenvalue weighted by atomic mass is 19.4. The van der Waals surface area contributed by atoms with Gasteiger partial charge in [0.1, 0.15) is 5.69 Å². The maximum absolute atomic E-state index is 13.6. The van der Waals surface area contributed by atoms with E-state index >= 15 is 0 Å². The van der Waals surface area contributed by atoms with Crippen molar-refractivity contribution in [2.24, 2.45) is 0 Å². The Morgan fingerprint density at radius 2 is 2.08 bits per heavy atom. The Morgan fingerprint density at radius 3 is 2.81 bits per heavy atom. The van der Waals surface area contributed by atoms with Crippen LogP contribution < -0.4 is 15.5 Å². The van der Waals surface area contributed by atoms with Crippen molar-refractivity contribution in [3.63, 3.8) is 0 Å². The Bertz CT molecular complexity index is 1280. The van der Waals surface area contributed by atoms with Crippen LogP contribution in [0.2, 0.25) is 0 Å². The largest absolute Gasteiger partial charge is 0.465 e. The van der Waals surface area contributed by atoms with E-state index in [0.29, 0.717) is 25.1 Å². The van der Waals surface area contributed by atoms with Gasteiger partial charge in [0.15, 0.2) is 5.76 Å². The van der Waals surface area contributed by atoms with Gasteiger partial charge in [-0.3, -0.25) is 20.5 Å². The SMILES string of the molecule is CCOC(=N)Nc1ncc(-c2cc(NC(=O)c3cc(N4CCC[C@H](O)C4)cc(C(F)(F)F)c3)ccn2)o1. The van der Waals surface area contributed by atoms with Crippen LogP contribution in [-0.4, -0.2) is 52.8 Å². The van der Waals surface area contributed by atoms with Gasteiger partial charge in [-0.15, -0.1) is 0 Å². The maximum Gasteiger partial charge on any atom is 0.416 e. The molecule has 3 aromatic rings. The topological polar surface area (TPSA) is 137 Å². The summed E-state index contributed by atoms with van der Waals surface area (Å²) in [6, 6.07) is 5.88. The number of aliphatic hydroxyl groups is 1. The highest BCUT2D eigenvalue weighted by Crippen LogP contribution is 2.34. The second kappa shape index (κ2) is 10.9. The molecule has 1 atom stereocenters. The summed E-state index contributed by atoms with van der Waals surface area (Å²) in [5, 5.41) is 22.7. The van der Waals surface area contributed by atoms with E-state index in [-0.39, 0.29) is 47.9 Å². The molecule has 1 aliphatic rings. The molecule has 37 heavy (non-hydrogen) atoms. The van der Waals surface area contributed by atoms with Crippen LogP contribution in [0.5, 0.6) is 0 Å². The summed E-state index contributed by atoms with van der Waals surface area (Å²) in [5.74, 6) is -0.514. The van der Waals surface area contributed by atoms with Crippen LogP contribution in [0, 0.1) is 5.41 Å². The van der Waals surface area contributed by atoms with Crippen molar-refractivity contribution in [3.8, 4) is 11.5 Å². The number of piperidine rings is 1. The van der Waals surface area contributed by atoms with E-state index < -0.39 is 23.8 Å². The molecule has 1 aromatic carbocycles. The van der Waals surface area contributed by atoms with Crippen molar-refractivity contribution in [2.45, 2.75) is 32.0 Å². The predicted molar refractivity (Wildman–Crippen MR) is 130 cm³/mol. The molecule has 0 saturated carbocycles. The first-order valence-corrected chi connectivity index (χ1v) is 11.5. The van der Waals surface area contributed by atoms with Crippen molar-refractivity contribution in [1.82, 2.24) is 9.97 Å². The van der Waals surface area contributed by atoms with E-state index in [4.69, 9.17) is 14.6 Å². The number of amidine groups is 1. The number of rotatable bonds is 6. The first-order valence-electron chi connectivity index (χ1n) is 11.5. The number of halogens is 3. The number of hydrogen-bond acceptors (Lipinski definition) is 8. The number of alkyl halides is 3. The van der Waals surface area contributed by atoms with E-state index in [1.807, 2.05) is 0 Å². The zero-order chi connectivity index (χ0) is 26.6. The Morgan fingerprint density at radius 1 is 1.27 bits per heavy atom. The highest BCUT2D eigenvalue weighted by molar-refractivity contribution is 6.05. The summed E-state index contributed by atoms with van der Waals surface area (Å²) in [6.45, 7) is 2.68. The van der Waals surface area contributed by atoms with Crippen LogP contribution in [0.15, 0.2) is 47.1 Å². The van der Waals surface area contributed by atoms with E-state index in [9.17, 15) is 23.1 Å². The number of anilines is 3. The fourth-order valence-corrected chi connectivity index (χ4v) is 3.85. The molecule has 0 aliphatic carbocycles. The van der Waals surface area contributed by atoms with E-state index in [1.165, 1.54) is 30.6 Å². The fraction of sp³-hybridized carbons (Fsp3) is 0.333. The van der Waals surface area contributed by atoms with Crippen LogP contribution in [-0.2, 0) is 10.9 Å². The molecule has 4 rings (SSSR count). The summed E-state index contributed by atoms with van der Waals surface area (Å²) >= 11 is 0. The molecule has 196 valence electrons. The Labute approximate surface area is 210 Å². The molecule has 1 aliphatic heterocycles. The van der Waals surface area contributed by atoms with Crippen LogP contribution in [0.4, 0.5) is 30.6 Å². The van der Waals surface area contributed by atoms with Crippen molar-refractivity contribution in [3.05, 3.63) is 53.9 Å². The quantitative estimate of drug-likeness (QED) is 0.279. The average molecular weight is 518 g/mol. The molecule has 0 bridgehead atoms. The Kier molecular flexibility index (Phi) is 7.62. The third kappa shape index (κ3) is 6.55. The molecular formula is C24H25F3N6O4. The lowest BCUT2D eigenvalue weighted by atomic mass is 10.0. The minimum absolute atomic E-state index is 0.00372. The molecule has 0 unspecified atom stereocenters. The van der Waals surface area contributed by atoms with Crippen molar-refractivity contribution < 1.29 is 32.2 Å². The van der Waals surface area contributed by atoms with Crippen molar-refractivity contribution in [1.29, 1.82) is 5.41 Å². The lowest BCUT2D eigenvalue weighted by molar-refractivity contribution is -0.137. The van der Waals surface area contributed by atoms with Gasteiger partial charge in [0.25, 0.3) is 11.9 Å². The van der Waals surface area contributed by atoms with Gasteiger partial charge in [0.2, 0.25) is 0 Å². The smallest absolute Gasteiger partial charge is 0.416 e. The van der Waals surface area contributed by atoms with Gasteiger partial charge < -0.3 is 24.5 Å². The molecule has 1 fully saturated rings. The fourth-order valence-electron chi connectivity index (χ4n) is 3.85. The number of ether oxygens (including phenoxy) is 1. The summed E-state index contributed by atoms with van der Waals surface area (Å²) in [5.41, 5.74) is -0.342. The number of nitrogens with zero attached hydrogens (tertiary/aromatic N) is 3. The molecule has 2 aromatic heterocycles. The molecule has 1 saturated heterocycles. The number of nitrogens with one attached hydrogen (secondary N) is 3. The van der Waals surface area contributed by atoms with Crippen LogP contribution >= 0.6 is 0 Å². The number of hydrogen-bond donors (Lipinski definition) is 4. The van der Waals surface area contributed by atoms with E-state index in [0.717, 1.165) is 12.1 Å². The number of carbonyl (C=O) groups is 1. The van der Waals surface area contributed by atoms with Crippen LogP contribution in [0.25, 0.3) is 11.5 Å². The van der Waals surface area contributed by atoms with E-state index in [1.54, 1.807) is 11.8 Å². The molecule has 4 N–H and O–H groups in total. The summed E-state index contributed by atoms with van der Waals surface area (Å²) in [4.78, 5) is 22.8. The first kappa shape index (κ1) is 25.9. The molecular weight excluding hydrogens is 493 g/mol. The maximum atomic E-state index is 13.6. The van der Waals surface area contributed by atoms with E-state index in [2.05, 4.69) is 20.6 Å². The first-order chi connectivity index (χ1) is 17.6. The summed E-state index contributed by atoms with van der Waals surface area (Å²) in [7, 11) is 0. The average Bonchev–Trinajstić information content (AvgIpc) is 3.32. The number of oxazole rings is 1. The second-order valence-electron chi connectivity index (χ2n) is 8.31. The molecule has 0 radical (unpaired) electrons. The molecule has 1 amide bonds. The van der Waals surface area contributed by atoms with Crippen LogP contribution in [0.1, 0.15) is 35.7 Å². The molecule has 0 spiro atoms. The normalized spacial score (nSPS) is 15.8. The Hall–Kier alpha value is -4.13. The van der Waals surface area contributed by atoms with Crippen molar-refractivity contribution >= 4 is 29.3 Å². The summed E-state index contributed by atoms with van der Waals surface area (Å²) < 4.78 is 51.3. The molecule has 10 nitrogen and oxygen atoms in total. The Balaban J connectivity index is 1.55. The number of aromatic nitrogens is 2. The lowest BCUT2D eigenvalue weighted by Gasteiger charge is -2.32. The van der Waals surface area contributed by atoms with Gasteiger partial charge in [-0.25, -0.2) is 4.98 Å². The number of aliphatic hydroxyl groups excluding tert-OH is 1. The summed E-state index contributed by atoms with van der Waals surface area (Å²) in [6.07, 6.45) is -1.33. The third-order valence-corrected chi connectivity index (χ3v) is 5.55. The van der Waals surface area contributed by atoms with Gasteiger partial charge in [0.05, 0.1) is 24.5 Å². The minimum atomic E-state index is -4.65. The molecule has 13 heteroatoms. The van der Waals surface area contributed by atoms with Gasteiger partial charge >= 0.3 is 12.2 Å². The zero-order valence-corrected chi connectivity index (χ0v) is 19.8. The third-order valence-electron chi connectivity index (χ3n) is 5.55. The number of β-amino-alcohol motifs (C(OH)–C–C–N with tert-alkyl or cyclic N) is 1.